The van der Waals surface area contributed by atoms with Crippen LogP contribution < -0.4 is 9.80 Å². The average molecular weight is 843 g/mol. The second-order valence-corrected chi connectivity index (χ2v) is 18.4. The maximum atomic E-state index is 2.45. The van der Waals surface area contributed by atoms with Crippen LogP contribution in [-0.4, -0.2) is 0 Å². The Bertz CT molecular complexity index is 3460. The molecular weight excluding hydrogens is 797 g/mol. The number of rotatable bonds is 6. The quantitative estimate of drug-likeness (QED) is 0.165. The summed E-state index contributed by atoms with van der Waals surface area (Å²) in [5, 5.41) is 0. The normalized spacial score (nSPS) is 14.1. The summed E-state index contributed by atoms with van der Waals surface area (Å²) in [6.45, 7) is 4.70. The third-order valence-electron chi connectivity index (χ3n) is 14.7. The molecule has 13 rings (SSSR count). The summed E-state index contributed by atoms with van der Waals surface area (Å²) in [4.78, 5) is 4.85. The van der Waals surface area contributed by atoms with E-state index in [1.54, 1.807) is 0 Å². The Kier molecular flexibility index (Phi) is 8.51. The number of hydrogen-bond acceptors (Lipinski definition) is 2. The van der Waals surface area contributed by atoms with E-state index in [1.165, 1.54) is 89.3 Å². The van der Waals surface area contributed by atoms with Gasteiger partial charge in [-0.25, -0.2) is 0 Å². The molecule has 1 heterocycles. The van der Waals surface area contributed by atoms with Gasteiger partial charge in [0.1, 0.15) is 0 Å². The summed E-state index contributed by atoms with van der Waals surface area (Å²) in [7, 11) is 0. The van der Waals surface area contributed by atoms with Crippen molar-refractivity contribution in [3.05, 3.63) is 276 Å². The molecule has 0 atom stereocenters. The van der Waals surface area contributed by atoms with E-state index in [0.29, 0.717) is 0 Å². The second-order valence-electron chi connectivity index (χ2n) is 18.4. The molecule has 0 amide bonds. The van der Waals surface area contributed by atoms with Gasteiger partial charge in [-0.3, -0.25) is 0 Å². The van der Waals surface area contributed by atoms with Crippen LogP contribution in [-0.2, 0) is 10.8 Å². The highest BCUT2D eigenvalue weighted by Crippen LogP contribution is 2.64. The smallest absolute Gasteiger partial charge is 0.0754 e. The van der Waals surface area contributed by atoms with Crippen molar-refractivity contribution in [3.8, 4) is 44.5 Å². The van der Waals surface area contributed by atoms with E-state index in [2.05, 4.69) is 266 Å². The molecule has 0 radical (unpaired) electrons. The minimum Gasteiger partial charge on any atom is -0.310 e. The summed E-state index contributed by atoms with van der Waals surface area (Å²) < 4.78 is 0. The first-order valence-corrected chi connectivity index (χ1v) is 23.1. The largest absolute Gasteiger partial charge is 0.310 e. The highest BCUT2D eigenvalue weighted by atomic mass is 15.2. The minimum atomic E-state index is -0.501. The highest BCUT2D eigenvalue weighted by Gasteiger charge is 2.51. The molecule has 3 aliphatic rings. The van der Waals surface area contributed by atoms with Crippen LogP contribution in [0.3, 0.4) is 0 Å². The molecule has 66 heavy (non-hydrogen) atoms. The first-order valence-electron chi connectivity index (χ1n) is 23.1. The third kappa shape index (κ3) is 5.48. The third-order valence-corrected chi connectivity index (χ3v) is 14.7. The van der Waals surface area contributed by atoms with Gasteiger partial charge in [0.05, 0.1) is 22.5 Å². The van der Waals surface area contributed by atoms with Gasteiger partial charge < -0.3 is 9.80 Å². The van der Waals surface area contributed by atoms with Crippen LogP contribution in [0.15, 0.2) is 243 Å². The van der Waals surface area contributed by atoms with Crippen LogP contribution >= 0.6 is 0 Å². The Hall–Kier alpha value is -8.20. The van der Waals surface area contributed by atoms with E-state index < -0.39 is 5.41 Å². The van der Waals surface area contributed by atoms with E-state index in [9.17, 15) is 0 Å². The number of anilines is 6. The van der Waals surface area contributed by atoms with E-state index in [-0.39, 0.29) is 5.41 Å². The number of hydrogen-bond donors (Lipinski definition) is 0. The molecule has 0 fully saturated rings. The molecule has 0 bridgehead atoms. The van der Waals surface area contributed by atoms with E-state index in [1.807, 2.05) is 0 Å². The Balaban J connectivity index is 0.940. The van der Waals surface area contributed by atoms with Gasteiger partial charge in [0.15, 0.2) is 0 Å². The lowest BCUT2D eigenvalue weighted by Crippen LogP contribution is -2.36. The molecule has 0 saturated carbocycles. The summed E-state index contributed by atoms with van der Waals surface area (Å²) in [5.41, 5.74) is 24.4. The summed E-state index contributed by atoms with van der Waals surface area (Å²) in [6.07, 6.45) is 0. The summed E-state index contributed by atoms with van der Waals surface area (Å²) in [6, 6.07) is 89.9. The SMILES string of the molecule is CC1(C)c2ccccc2-c2ccc(-c3ccc(N(c4ccccc4)c4ccccc4-c4ccc5c(c4)-c4ccccc4C54c5ccccc5N(c5ccccc5)c5ccccc54)cc3)cc21. The number of para-hydroxylation sites is 5. The fourth-order valence-corrected chi connectivity index (χ4v) is 11.7. The van der Waals surface area contributed by atoms with Gasteiger partial charge in [-0.15, -0.1) is 0 Å². The zero-order valence-corrected chi connectivity index (χ0v) is 37.0. The summed E-state index contributed by atoms with van der Waals surface area (Å²) in [5.74, 6) is 0. The zero-order chi connectivity index (χ0) is 44.0. The highest BCUT2D eigenvalue weighted by molar-refractivity contribution is 5.98. The molecule has 2 aliphatic carbocycles. The predicted octanol–water partition coefficient (Wildman–Crippen LogP) is 16.9. The summed E-state index contributed by atoms with van der Waals surface area (Å²) >= 11 is 0. The van der Waals surface area contributed by atoms with Crippen molar-refractivity contribution in [2.24, 2.45) is 0 Å². The van der Waals surface area contributed by atoms with E-state index in [0.717, 1.165) is 22.7 Å². The number of benzene rings is 10. The molecule has 0 aromatic heterocycles. The van der Waals surface area contributed by atoms with Crippen LogP contribution in [0.4, 0.5) is 34.1 Å². The Morgan fingerprint density at radius 1 is 0.318 bits per heavy atom. The predicted molar refractivity (Wildman–Crippen MR) is 275 cm³/mol. The first kappa shape index (κ1) is 38.3. The van der Waals surface area contributed by atoms with Crippen molar-refractivity contribution in [2.45, 2.75) is 24.7 Å². The lowest BCUT2D eigenvalue weighted by molar-refractivity contribution is 0.660. The molecule has 10 aromatic carbocycles. The molecule has 312 valence electrons. The lowest BCUT2D eigenvalue weighted by Gasteiger charge is -2.45. The van der Waals surface area contributed by atoms with Crippen molar-refractivity contribution in [2.75, 3.05) is 9.80 Å². The van der Waals surface area contributed by atoms with Gasteiger partial charge in [-0.2, -0.15) is 0 Å². The van der Waals surface area contributed by atoms with Crippen LogP contribution in [0.25, 0.3) is 44.5 Å². The first-order chi connectivity index (χ1) is 32.5. The van der Waals surface area contributed by atoms with E-state index >= 15 is 0 Å². The van der Waals surface area contributed by atoms with Crippen LogP contribution in [0.1, 0.15) is 47.2 Å². The topological polar surface area (TPSA) is 6.48 Å². The second kappa shape index (κ2) is 14.7. The van der Waals surface area contributed by atoms with Crippen molar-refractivity contribution in [1.82, 2.24) is 0 Å². The Morgan fingerprint density at radius 2 is 0.803 bits per heavy atom. The fourth-order valence-electron chi connectivity index (χ4n) is 11.7. The number of nitrogens with zero attached hydrogens (tertiary/aromatic N) is 2. The monoisotopic (exact) mass is 842 g/mol. The molecule has 0 N–H and O–H groups in total. The van der Waals surface area contributed by atoms with Gasteiger partial charge in [0, 0.05) is 28.0 Å². The van der Waals surface area contributed by atoms with E-state index in [4.69, 9.17) is 0 Å². The molecular formula is C64H46N2. The van der Waals surface area contributed by atoms with Gasteiger partial charge in [0.25, 0.3) is 0 Å². The molecule has 2 heteroatoms. The molecule has 0 saturated heterocycles. The zero-order valence-electron chi connectivity index (χ0n) is 37.0. The Labute approximate surface area is 387 Å². The molecule has 10 aromatic rings. The average Bonchev–Trinajstić information content (AvgIpc) is 3.80. The molecule has 2 nitrogen and oxygen atoms in total. The molecule has 0 unspecified atom stereocenters. The maximum absolute atomic E-state index is 2.45. The van der Waals surface area contributed by atoms with Gasteiger partial charge in [-0.1, -0.05) is 190 Å². The molecule has 1 spiro atoms. The van der Waals surface area contributed by atoms with Gasteiger partial charge in [0.2, 0.25) is 0 Å². The van der Waals surface area contributed by atoms with Crippen molar-refractivity contribution in [1.29, 1.82) is 0 Å². The van der Waals surface area contributed by atoms with Crippen LogP contribution in [0.2, 0.25) is 0 Å². The standard InChI is InChI=1S/C64H46N2/c1-63(2)54-26-12-9-24-50(54)52-39-35-44(42-59(52)63)43-33-37-48(38-34-43)65(46-19-5-3-6-20-46)60-30-16-11-23-49(60)45-36-40-56-53(41-45)51-25-10-13-27-55(51)64(56)57-28-14-17-31-61(57)66(47-21-7-4-8-22-47)62-32-18-15-29-58(62)64/h3-42H,1-2H3. The van der Waals surface area contributed by atoms with Crippen LogP contribution in [0.5, 0.6) is 0 Å². The van der Waals surface area contributed by atoms with Crippen molar-refractivity contribution < 1.29 is 0 Å². The number of fused-ring (bicyclic) bond motifs is 12. The van der Waals surface area contributed by atoms with Crippen molar-refractivity contribution >= 4 is 34.1 Å². The van der Waals surface area contributed by atoms with Gasteiger partial charge >= 0.3 is 0 Å². The maximum Gasteiger partial charge on any atom is 0.0754 e. The fraction of sp³-hybridized carbons (Fsp3) is 0.0625. The van der Waals surface area contributed by atoms with Crippen molar-refractivity contribution in [3.63, 3.8) is 0 Å². The lowest BCUT2D eigenvalue weighted by atomic mass is 9.64. The van der Waals surface area contributed by atoms with Gasteiger partial charge in [-0.05, 0) is 139 Å². The minimum absolute atomic E-state index is 0.0507. The van der Waals surface area contributed by atoms with Crippen LogP contribution in [0, 0.1) is 0 Å². The Morgan fingerprint density at radius 3 is 1.50 bits per heavy atom. The molecule has 1 aliphatic heterocycles.